The van der Waals surface area contributed by atoms with Crippen molar-refractivity contribution in [2.24, 2.45) is 0 Å². The van der Waals surface area contributed by atoms with Gasteiger partial charge < -0.3 is 20.4 Å². The predicted octanol–water partition coefficient (Wildman–Crippen LogP) is -1.87. The van der Waals surface area contributed by atoms with Crippen molar-refractivity contribution < 1.29 is 20.4 Å². The van der Waals surface area contributed by atoms with Crippen molar-refractivity contribution in [3.8, 4) is 0 Å². The van der Waals surface area contributed by atoms with Crippen molar-refractivity contribution in [3.63, 3.8) is 0 Å². The Labute approximate surface area is 77.6 Å². The van der Waals surface area contributed by atoms with Gasteiger partial charge in [-0.1, -0.05) is 6.92 Å². The molecule has 13 heavy (non-hydrogen) atoms. The van der Waals surface area contributed by atoms with Crippen molar-refractivity contribution in [2.45, 2.75) is 19.5 Å². The molecule has 0 heterocycles. The molecule has 0 aliphatic heterocycles. The standard InChI is InChI=1S/C7H18N2O4/c1-2-7(8(3-10)4-11)9(5-12)6-13/h7,10-13H,2-6H2,1H3. The fourth-order valence-corrected chi connectivity index (χ4v) is 1.21. The molecule has 4 N–H and O–H groups in total. The van der Waals surface area contributed by atoms with Gasteiger partial charge in [0.15, 0.2) is 0 Å². The molecule has 0 amide bonds. The molecule has 0 saturated carbocycles. The van der Waals surface area contributed by atoms with Crippen LogP contribution in [0.25, 0.3) is 0 Å². The molecule has 0 aliphatic carbocycles. The number of hydrogen-bond donors (Lipinski definition) is 4. The van der Waals surface area contributed by atoms with Gasteiger partial charge in [-0.05, 0) is 6.42 Å². The number of aliphatic hydroxyl groups is 4. The fraction of sp³-hybridized carbons (Fsp3) is 1.00. The first kappa shape index (κ1) is 12.8. The van der Waals surface area contributed by atoms with Crippen LogP contribution in [0.2, 0.25) is 0 Å². The smallest absolute Gasteiger partial charge is 0.0987 e. The van der Waals surface area contributed by atoms with Crippen molar-refractivity contribution in [3.05, 3.63) is 0 Å². The van der Waals surface area contributed by atoms with E-state index in [0.29, 0.717) is 6.42 Å². The normalized spacial score (nSPS) is 12.0. The average molecular weight is 194 g/mol. The van der Waals surface area contributed by atoms with E-state index in [0.717, 1.165) is 0 Å². The molecule has 0 spiro atoms. The van der Waals surface area contributed by atoms with Gasteiger partial charge in [-0.25, -0.2) is 9.80 Å². The Balaban J connectivity index is 4.26. The molecule has 6 heteroatoms. The Morgan fingerprint density at radius 2 is 1.15 bits per heavy atom. The Morgan fingerprint density at radius 3 is 1.31 bits per heavy atom. The Hall–Kier alpha value is -0.240. The monoisotopic (exact) mass is 194 g/mol. The van der Waals surface area contributed by atoms with E-state index in [1.807, 2.05) is 6.92 Å². The molecule has 0 unspecified atom stereocenters. The van der Waals surface area contributed by atoms with Gasteiger partial charge in [0.2, 0.25) is 0 Å². The van der Waals surface area contributed by atoms with Crippen LogP contribution >= 0.6 is 0 Å². The number of rotatable bonds is 7. The summed E-state index contributed by atoms with van der Waals surface area (Å²) in [6, 6.07) is 0. The lowest BCUT2D eigenvalue weighted by Crippen LogP contribution is -2.49. The molecule has 0 bridgehead atoms. The molecule has 0 fully saturated rings. The molecule has 0 saturated heterocycles. The summed E-state index contributed by atoms with van der Waals surface area (Å²) in [6.45, 7) is 0.579. The van der Waals surface area contributed by atoms with Crippen molar-refractivity contribution in [1.82, 2.24) is 9.80 Å². The Kier molecular flexibility index (Phi) is 7.06. The summed E-state index contributed by atoms with van der Waals surface area (Å²) in [4.78, 5) is 2.65. The van der Waals surface area contributed by atoms with Gasteiger partial charge in [0.05, 0.1) is 33.1 Å². The van der Waals surface area contributed by atoms with Gasteiger partial charge in [0.1, 0.15) is 0 Å². The molecule has 0 rings (SSSR count). The van der Waals surface area contributed by atoms with Gasteiger partial charge in [0.25, 0.3) is 0 Å². The summed E-state index contributed by atoms with van der Waals surface area (Å²) < 4.78 is 0. The van der Waals surface area contributed by atoms with Crippen LogP contribution in [0.4, 0.5) is 0 Å². The molecule has 6 nitrogen and oxygen atoms in total. The van der Waals surface area contributed by atoms with Crippen molar-refractivity contribution in [1.29, 1.82) is 0 Å². The first-order chi connectivity index (χ1) is 6.24. The molecule has 0 aromatic carbocycles. The molecular weight excluding hydrogens is 176 g/mol. The largest absolute Gasteiger partial charge is 0.381 e. The van der Waals surface area contributed by atoms with E-state index in [9.17, 15) is 0 Å². The highest BCUT2D eigenvalue weighted by Crippen LogP contribution is 2.07. The predicted molar refractivity (Wildman–Crippen MR) is 46.1 cm³/mol. The van der Waals surface area contributed by atoms with Crippen LogP contribution in [0.5, 0.6) is 0 Å². The summed E-state index contributed by atoms with van der Waals surface area (Å²) in [6.07, 6.45) is 0.229. The molecular formula is C7H18N2O4. The summed E-state index contributed by atoms with van der Waals surface area (Å²) in [5.41, 5.74) is 0. The quantitative estimate of drug-likeness (QED) is 0.355. The maximum absolute atomic E-state index is 8.84. The maximum atomic E-state index is 8.84. The van der Waals surface area contributed by atoms with E-state index in [1.54, 1.807) is 0 Å². The summed E-state index contributed by atoms with van der Waals surface area (Å²) >= 11 is 0. The van der Waals surface area contributed by atoms with Gasteiger partial charge in [-0.3, -0.25) is 0 Å². The highest BCUT2D eigenvalue weighted by Gasteiger charge is 2.21. The zero-order valence-electron chi connectivity index (χ0n) is 7.80. The molecule has 0 aliphatic rings. The third-order valence-electron chi connectivity index (χ3n) is 1.93. The maximum Gasteiger partial charge on any atom is 0.0987 e. The lowest BCUT2D eigenvalue weighted by atomic mass is 10.3. The highest BCUT2D eigenvalue weighted by molar-refractivity contribution is 4.63. The first-order valence-electron chi connectivity index (χ1n) is 4.16. The number of hydrogen-bond acceptors (Lipinski definition) is 6. The van der Waals surface area contributed by atoms with Crippen LogP contribution in [0.1, 0.15) is 13.3 Å². The van der Waals surface area contributed by atoms with Crippen LogP contribution in [0, 0.1) is 0 Å². The second kappa shape index (κ2) is 7.19. The van der Waals surface area contributed by atoms with E-state index in [4.69, 9.17) is 20.4 Å². The minimum atomic E-state index is -0.356. The fourth-order valence-electron chi connectivity index (χ4n) is 1.21. The lowest BCUT2D eigenvalue weighted by molar-refractivity contribution is -0.110. The second-order valence-corrected chi connectivity index (χ2v) is 2.63. The van der Waals surface area contributed by atoms with Gasteiger partial charge in [-0.2, -0.15) is 0 Å². The Bertz CT molecular complexity index is 105. The van der Waals surface area contributed by atoms with E-state index in [1.165, 1.54) is 9.80 Å². The number of aliphatic hydroxyl groups excluding tert-OH is 4. The van der Waals surface area contributed by atoms with Gasteiger partial charge >= 0.3 is 0 Å². The molecule has 0 aromatic rings. The average Bonchev–Trinajstić information content (AvgIpc) is 2.18. The van der Waals surface area contributed by atoms with Crippen LogP contribution in [-0.4, -0.2) is 63.3 Å². The van der Waals surface area contributed by atoms with E-state index < -0.39 is 0 Å². The SMILES string of the molecule is CCC(N(CO)CO)N(CO)CO. The zero-order valence-corrected chi connectivity index (χ0v) is 7.80. The summed E-state index contributed by atoms with van der Waals surface area (Å²) in [5, 5.41) is 35.4. The van der Waals surface area contributed by atoms with E-state index in [2.05, 4.69) is 0 Å². The lowest BCUT2D eigenvalue weighted by Gasteiger charge is -2.34. The Morgan fingerprint density at radius 1 is 0.846 bits per heavy atom. The highest BCUT2D eigenvalue weighted by atomic mass is 16.3. The summed E-state index contributed by atoms with van der Waals surface area (Å²) in [5.74, 6) is 0. The van der Waals surface area contributed by atoms with E-state index in [-0.39, 0.29) is 33.1 Å². The molecule has 80 valence electrons. The summed E-state index contributed by atoms with van der Waals surface area (Å²) in [7, 11) is 0. The minimum Gasteiger partial charge on any atom is -0.381 e. The molecule has 0 radical (unpaired) electrons. The first-order valence-corrected chi connectivity index (χ1v) is 4.16. The number of nitrogens with zero attached hydrogens (tertiary/aromatic N) is 2. The van der Waals surface area contributed by atoms with Crippen molar-refractivity contribution >= 4 is 0 Å². The zero-order chi connectivity index (χ0) is 10.3. The third-order valence-corrected chi connectivity index (χ3v) is 1.93. The minimum absolute atomic E-state index is 0.314. The van der Waals surface area contributed by atoms with Gasteiger partial charge in [-0.15, -0.1) is 0 Å². The van der Waals surface area contributed by atoms with Crippen LogP contribution in [0.15, 0.2) is 0 Å². The third kappa shape index (κ3) is 3.55. The van der Waals surface area contributed by atoms with Crippen LogP contribution < -0.4 is 0 Å². The van der Waals surface area contributed by atoms with Crippen molar-refractivity contribution in [2.75, 3.05) is 26.9 Å². The molecule has 0 aromatic heterocycles. The topological polar surface area (TPSA) is 87.4 Å². The van der Waals surface area contributed by atoms with Crippen LogP contribution in [-0.2, 0) is 0 Å². The van der Waals surface area contributed by atoms with E-state index >= 15 is 0 Å². The van der Waals surface area contributed by atoms with Gasteiger partial charge in [0, 0.05) is 0 Å². The molecule has 0 atom stereocenters. The van der Waals surface area contributed by atoms with Crippen LogP contribution in [0.3, 0.4) is 0 Å². The second-order valence-electron chi connectivity index (χ2n) is 2.63.